The van der Waals surface area contributed by atoms with Gasteiger partial charge in [-0.15, -0.1) is 11.3 Å². The van der Waals surface area contributed by atoms with Crippen LogP contribution in [0.1, 0.15) is 40.9 Å². The van der Waals surface area contributed by atoms with Gasteiger partial charge in [0.1, 0.15) is 17.2 Å². The second-order valence-corrected chi connectivity index (χ2v) is 10.3. The third-order valence-electron chi connectivity index (χ3n) is 6.69. The highest BCUT2D eigenvalue weighted by molar-refractivity contribution is 7.07. The topological polar surface area (TPSA) is 102 Å². The number of methoxy groups -OCH3 is 1. The van der Waals surface area contributed by atoms with Crippen LogP contribution in [-0.2, 0) is 22.7 Å². The molecule has 2 atom stereocenters. The summed E-state index contributed by atoms with van der Waals surface area (Å²) >= 11 is 1.59. The summed E-state index contributed by atoms with van der Waals surface area (Å²) < 4.78 is 17.8. The minimum atomic E-state index is -0.248. The number of amides is 2. The number of likely N-dealkylation sites (tertiary alicyclic amines) is 1. The van der Waals surface area contributed by atoms with Crippen LogP contribution in [-0.4, -0.2) is 60.6 Å². The highest BCUT2D eigenvalue weighted by Crippen LogP contribution is 2.28. The zero-order valence-electron chi connectivity index (χ0n) is 21.4. The predicted octanol–water partition coefficient (Wildman–Crippen LogP) is 3.74. The number of piperidine rings is 1. The van der Waals surface area contributed by atoms with Gasteiger partial charge in [-0.05, 0) is 42.7 Å². The van der Waals surface area contributed by atoms with Gasteiger partial charge in [0.05, 0.1) is 37.1 Å². The van der Waals surface area contributed by atoms with Crippen LogP contribution in [0.2, 0.25) is 0 Å². The van der Waals surface area contributed by atoms with Crippen molar-refractivity contribution in [3.8, 4) is 17.2 Å². The molecule has 0 spiro atoms. The molecule has 4 bridgehead atoms. The number of thiazole rings is 1. The molecule has 2 aliphatic heterocycles. The molecule has 0 aliphatic carbocycles. The fraction of sp³-hybridized carbons (Fsp3) is 0.393. The van der Waals surface area contributed by atoms with Crippen molar-refractivity contribution in [1.29, 1.82) is 0 Å². The summed E-state index contributed by atoms with van der Waals surface area (Å²) in [6, 6.07) is 12.6. The molecule has 0 saturated carbocycles. The molecule has 1 saturated heterocycles. The molecule has 10 heteroatoms. The number of benzene rings is 2. The number of carbonyl (C=O) groups excluding carboxylic acids is 2. The van der Waals surface area contributed by atoms with Gasteiger partial charge in [0.2, 0.25) is 5.91 Å². The van der Waals surface area contributed by atoms with E-state index >= 15 is 0 Å². The average molecular weight is 537 g/mol. The first-order valence-corrected chi connectivity index (χ1v) is 13.7. The number of nitrogens with zero attached hydrogens (tertiary/aromatic N) is 2. The zero-order chi connectivity index (χ0) is 26.3. The Morgan fingerprint density at radius 1 is 1.18 bits per heavy atom. The summed E-state index contributed by atoms with van der Waals surface area (Å²) in [5, 5.41) is 8.14. The third kappa shape index (κ3) is 6.89. The summed E-state index contributed by atoms with van der Waals surface area (Å²) in [5.74, 6) is 1.36. The van der Waals surface area contributed by atoms with Crippen LogP contribution in [0.4, 0.5) is 0 Å². The monoisotopic (exact) mass is 536 g/mol. The van der Waals surface area contributed by atoms with Gasteiger partial charge < -0.3 is 24.8 Å². The Bertz CT molecular complexity index is 1250. The molecule has 0 unspecified atom stereocenters. The van der Waals surface area contributed by atoms with Crippen molar-refractivity contribution in [2.45, 2.75) is 44.6 Å². The van der Waals surface area contributed by atoms with Gasteiger partial charge in [0.25, 0.3) is 5.91 Å². The molecule has 2 aliphatic rings. The Labute approximate surface area is 226 Å². The van der Waals surface area contributed by atoms with Gasteiger partial charge in [-0.2, -0.15) is 0 Å². The Balaban J connectivity index is 1.35. The number of fused-ring (bicyclic) bond motifs is 5. The van der Waals surface area contributed by atoms with Crippen LogP contribution < -0.4 is 20.1 Å². The van der Waals surface area contributed by atoms with E-state index in [-0.39, 0.29) is 24.0 Å². The SMILES string of the molecule is COc1cc2cc(c1)C(=O)NCCCC(=O)N[C@H]1CN(Cc3cscn3)CC[C@@H]1OCc1cccc(c1)O2. The van der Waals surface area contributed by atoms with Crippen molar-refractivity contribution >= 4 is 23.2 Å². The molecule has 3 heterocycles. The standard InChI is InChI=1S/C28H32N4O5S/c1-35-23-11-20-12-24(13-23)37-22-5-2-4-19(10-22)16-36-26-7-9-32(14-21-17-38-18-30-21)15-25(26)31-27(33)6-3-8-29-28(20)34/h2,4-5,10-13,17-18,25-26H,3,6-9,14-16H2,1H3,(H,29,34)(H,31,33)/t25-,26-/m0/s1. The van der Waals surface area contributed by atoms with Crippen molar-refractivity contribution in [2.75, 3.05) is 26.7 Å². The summed E-state index contributed by atoms with van der Waals surface area (Å²) in [6.45, 7) is 3.07. The lowest BCUT2D eigenvalue weighted by Crippen LogP contribution is -2.55. The molecular formula is C28H32N4O5S. The van der Waals surface area contributed by atoms with Crippen LogP contribution in [0.15, 0.2) is 53.4 Å². The average Bonchev–Trinajstić information content (AvgIpc) is 3.43. The van der Waals surface area contributed by atoms with Crippen LogP contribution >= 0.6 is 11.3 Å². The predicted molar refractivity (Wildman–Crippen MR) is 144 cm³/mol. The van der Waals surface area contributed by atoms with Crippen LogP contribution in [0.25, 0.3) is 0 Å². The van der Waals surface area contributed by atoms with E-state index in [0.29, 0.717) is 55.4 Å². The van der Waals surface area contributed by atoms with E-state index in [4.69, 9.17) is 14.2 Å². The van der Waals surface area contributed by atoms with Crippen molar-refractivity contribution in [2.24, 2.45) is 0 Å². The molecule has 2 aromatic carbocycles. The van der Waals surface area contributed by atoms with E-state index in [0.717, 1.165) is 30.8 Å². The second kappa shape index (κ2) is 12.4. The van der Waals surface area contributed by atoms with Gasteiger partial charge in [-0.1, -0.05) is 12.1 Å². The highest BCUT2D eigenvalue weighted by Gasteiger charge is 2.31. The molecule has 5 rings (SSSR count). The maximum Gasteiger partial charge on any atom is 0.251 e. The lowest BCUT2D eigenvalue weighted by molar-refractivity contribution is -0.124. The van der Waals surface area contributed by atoms with Crippen molar-refractivity contribution in [1.82, 2.24) is 20.5 Å². The maximum absolute atomic E-state index is 12.9. The minimum Gasteiger partial charge on any atom is -0.497 e. The number of ether oxygens (including phenoxy) is 3. The zero-order valence-corrected chi connectivity index (χ0v) is 22.2. The van der Waals surface area contributed by atoms with Crippen molar-refractivity contribution in [3.63, 3.8) is 0 Å². The first-order valence-electron chi connectivity index (χ1n) is 12.8. The van der Waals surface area contributed by atoms with E-state index < -0.39 is 0 Å². The van der Waals surface area contributed by atoms with Crippen molar-refractivity contribution in [3.05, 3.63) is 70.2 Å². The first-order chi connectivity index (χ1) is 18.6. The first kappa shape index (κ1) is 26.1. The lowest BCUT2D eigenvalue weighted by atomic mass is 10.0. The molecule has 1 fully saturated rings. The normalized spacial score (nSPS) is 21.2. The number of carbonyl (C=O) groups is 2. The number of nitrogens with one attached hydrogen (secondary N) is 2. The van der Waals surface area contributed by atoms with Gasteiger partial charge in [-0.3, -0.25) is 14.5 Å². The van der Waals surface area contributed by atoms with Gasteiger partial charge in [-0.25, -0.2) is 4.98 Å². The van der Waals surface area contributed by atoms with E-state index in [1.54, 1.807) is 36.6 Å². The Morgan fingerprint density at radius 3 is 2.95 bits per heavy atom. The fourth-order valence-corrected chi connectivity index (χ4v) is 5.32. The van der Waals surface area contributed by atoms with Crippen LogP contribution in [0.5, 0.6) is 17.2 Å². The van der Waals surface area contributed by atoms with E-state index in [1.165, 1.54) is 0 Å². The molecule has 9 nitrogen and oxygen atoms in total. The number of hydrogen-bond acceptors (Lipinski definition) is 8. The second-order valence-electron chi connectivity index (χ2n) is 9.53. The van der Waals surface area contributed by atoms with E-state index in [2.05, 4.69) is 25.9 Å². The van der Waals surface area contributed by atoms with E-state index in [9.17, 15) is 9.59 Å². The van der Waals surface area contributed by atoms with Gasteiger partial charge in [0, 0.05) is 49.6 Å². The summed E-state index contributed by atoms with van der Waals surface area (Å²) in [4.78, 5) is 32.4. The molecule has 2 N–H and O–H groups in total. The molecule has 0 radical (unpaired) electrons. The maximum atomic E-state index is 12.9. The number of hydrogen-bond donors (Lipinski definition) is 2. The number of rotatable bonds is 3. The summed E-state index contributed by atoms with van der Waals surface area (Å²) in [5.41, 5.74) is 4.26. The number of aromatic nitrogens is 1. The Kier molecular flexibility index (Phi) is 8.52. The molecular weight excluding hydrogens is 504 g/mol. The van der Waals surface area contributed by atoms with Crippen LogP contribution in [0, 0.1) is 0 Å². The summed E-state index contributed by atoms with van der Waals surface area (Å²) in [6.07, 6.45) is 1.52. The smallest absolute Gasteiger partial charge is 0.251 e. The molecule has 1 aromatic heterocycles. The van der Waals surface area contributed by atoms with Gasteiger partial charge >= 0.3 is 0 Å². The molecule has 38 heavy (non-hydrogen) atoms. The lowest BCUT2D eigenvalue weighted by Gasteiger charge is -2.38. The summed E-state index contributed by atoms with van der Waals surface area (Å²) in [7, 11) is 1.55. The fourth-order valence-electron chi connectivity index (χ4n) is 4.77. The molecule has 3 aromatic rings. The highest BCUT2D eigenvalue weighted by atomic mass is 32.1. The third-order valence-corrected chi connectivity index (χ3v) is 7.33. The Hall–Kier alpha value is -3.47. The van der Waals surface area contributed by atoms with Gasteiger partial charge in [0.15, 0.2) is 0 Å². The molecule has 200 valence electrons. The quantitative estimate of drug-likeness (QED) is 0.526. The molecule has 2 amide bonds. The largest absolute Gasteiger partial charge is 0.497 e. The minimum absolute atomic E-state index is 0.0477. The Morgan fingerprint density at radius 2 is 2.11 bits per heavy atom. The van der Waals surface area contributed by atoms with E-state index in [1.807, 2.05) is 29.8 Å². The van der Waals surface area contributed by atoms with Crippen molar-refractivity contribution < 1.29 is 23.8 Å². The van der Waals surface area contributed by atoms with Crippen LogP contribution in [0.3, 0.4) is 0 Å².